The van der Waals surface area contributed by atoms with E-state index in [1.807, 2.05) is 30.3 Å². The number of nitrogens with zero attached hydrogens (tertiary/aromatic N) is 2. The first-order valence-electron chi connectivity index (χ1n) is 3.98. The molecule has 8 nitrogen and oxygen atoms in total. The second kappa shape index (κ2) is 17.7. The molecule has 0 amide bonds. The number of rotatable bonds is 2. The summed E-state index contributed by atoms with van der Waals surface area (Å²) in [6, 6.07) is 9.31. The Bertz CT molecular complexity index is 351. The number of carbonyl (C=O) groups is 1. The minimum absolute atomic E-state index is 0. The third-order valence-electron chi connectivity index (χ3n) is 1.22. The van der Waals surface area contributed by atoms with Crippen molar-refractivity contribution in [2.24, 2.45) is 10.7 Å². The summed E-state index contributed by atoms with van der Waals surface area (Å²) in [5.41, 5.74) is 0.898. The zero-order valence-corrected chi connectivity index (χ0v) is 11.8. The molecule has 1 aromatic rings. The van der Waals surface area contributed by atoms with Gasteiger partial charge in [0.25, 0.3) is 0 Å². The summed E-state index contributed by atoms with van der Waals surface area (Å²) >= 11 is 0. The van der Waals surface area contributed by atoms with Crippen LogP contribution in [0.25, 0.3) is 6.08 Å². The van der Waals surface area contributed by atoms with Crippen LogP contribution in [0.2, 0.25) is 0 Å². The van der Waals surface area contributed by atoms with E-state index in [2.05, 4.69) is 0 Å². The molecule has 95 valence electrons. The van der Waals surface area contributed by atoms with Gasteiger partial charge in [-0.1, -0.05) is 30.3 Å². The number of hydrogen-bond donors (Lipinski definition) is 1. The number of carboxylic acid groups (broad SMARTS) is 1. The van der Waals surface area contributed by atoms with Crippen molar-refractivity contribution in [3.8, 4) is 0 Å². The molecule has 0 heterocycles. The molecule has 0 unspecified atom stereocenters. The average molecular weight is 329 g/mol. The van der Waals surface area contributed by atoms with Crippen molar-refractivity contribution >= 4 is 12.0 Å². The molecule has 0 aliphatic rings. The van der Waals surface area contributed by atoms with Gasteiger partial charge < -0.3 is 25.3 Å². The fourth-order valence-electron chi connectivity index (χ4n) is 0.732. The fraction of sp³-hybridized carbons (Fsp3) is 0. The van der Waals surface area contributed by atoms with Gasteiger partial charge in [0.15, 0.2) is 0 Å². The molecule has 1 rings (SSSR count). The van der Waals surface area contributed by atoms with Crippen LogP contribution >= 0.6 is 0 Å². The summed E-state index contributed by atoms with van der Waals surface area (Å²) in [6.07, 6.45) is 2.68. The van der Waals surface area contributed by atoms with E-state index in [4.69, 9.17) is 25.3 Å². The minimum Gasteiger partial charge on any atom is -0.478 e. The number of benzene rings is 1. The maximum Gasteiger partial charge on any atom is 0.328 e. The maximum atomic E-state index is 10.1. The molecule has 0 fully saturated rings. The van der Waals surface area contributed by atoms with Gasteiger partial charge in [-0.2, -0.15) is 0 Å². The van der Waals surface area contributed by atoms with Gasteiger partial charge in [-0.05, 0) is 11.6 Å². The Morgan fingerprint density at radius 1 is 1.11 bits per heavy atom. The molecule has 1 aromatic carbocycles. The summed E-state index contributed by atoms with van der Waals surface area (Å²) in [6.45, 7) is 0. The second-order valence-corrected chi connectivity index (χ2v) is 2.23. The van der Waals surface area contributed by atoms with Crippen molar-refractivity contribution in [3.63, 3.8) is 0 Å². The van der Waals surface area contributed by atoms with Crippen molar-refractivity contribution in [1.82, 2.24) is 0 Å². The second-order valence-electron chi connectivity index (χ2n) is 2.23. The predicted octanol–water partition coefficient (Wildman–Crippen LogP) is 2.28. The Hall–Kier alpha value is -1.67. The van der Waals surface area contributed by atoms with Crippen molar-refractivity contribution < 1.29 is 42.6 Å². The van der Waals surface area contributed by atoms with Crippen LogP contribution in [0.3, 0.4) is 0 Å². The summed E-state index contributed by atoms with van der Waals surface area (Å²) in [5.74, 6) is -0.922. The van der Waals surface area contributed by atoms with Crippen LogP contribution in [0.1, 0.15) is 5.56 Å². The normalized spacial score (nSPS) is 7.56. The Morgan fingerprint density at radius 2 is 1.50 bits per heavy atom. The van der Waals surface area contributed by atoms with E-state index < -0.39 is 5.97 Å². The van der Waals surface area contributed by atoms with E-state index in [9.17, 15) is 4.79 Å². The van der Waals surface area contributed by atoms with Crippen LogP contribution in [-0.4, -0.2) is 11.1 Å². The zero-order valence-electron chi connectivity index (χ0n) is 9.00. The van der Waals surface area contributed by atoms with Gasteiger partial charge in [-0.15, -0.1) is 10.7 Å². The van der Waals surface area contributed by atoms with E-state index in [0.717, 1.165) is 22.3 Å². The molecule has 1 N–H and O–H groups in total. The number of hydrogen-bond acceptors (Lipinski definition) is 7. The van der Waals surface area contributed by atoms with Crippen molar-refractivity contribution in [1.29, 1.82) is 0 Å². The van der Waals surface area contributed by atoms with Crippen LogP contribution in [0, 0.1) is 20.2 Å². The summed E-state index contributed by atoms with van der Waals surface area (Å²) in [7, 11) is 0. The van der Waals surface area contributed by atoms with Gasteiger partial charge in [0.1, 0.15) is 0 Å². The van der Waals surface area contributed by atoms with Gasteiger partial charge in [0.05, 0.1) is 0 Å². The molecule has 0 spiro atoms. The molecule has 0 saturated heterocycles. The molecule has 18 heavy (non-hydrogen) atoms. The third-order valence-corrected chi connectivity index (χ3v) is 1.22. The Morgan fingerprint density at radius 3 is 1.83 bits per heavy atom. The van der Waals surface area contributed by atoms with E-state index in [-0.39, 0.29) is 32.7 Å². The fourth-order valence-corrected chi connectivity index (χ4v) is 0.732. The molecule has 0 bridgehead atoms. The van der Waals surface area contributed by atoms with Crippen LogP contribution in [0.5, 0.6) is 0 Å². The molecular formula is C9H8N2O6Y-2. The largest absolute Gasteiger partial charge is 0.478 e. The van der Waals surface area contributed by atoms with E-state index in [1.54, 1.807) is 6.08 Å². The standard InChI is InChI=1S/C9H8O2.2HNO2.Y/c10-9(11)7-6-8-4-2-1-3-5-8;2*2-1-3;/h1-7H,(H,10,11);2*(H,2,3);/p-2/b7-6+;;;. The maximum absolute atomic E-state index is 10.1. The smallest absolute Gasteiger partial charge is 0.328 e. The van der Waals surface area contributed by atoms with Crippen molar-refractivity contribution in [2.45, 2.75) is 0 Å². The molecule has 9 heteroatoms. The predicted molar refractivity (Wildman–Crippen MR) is 61.4 cm³/mol. The Balaban J connectivity index is -0.000000276. The molecule has 0 aromatic heterocycles. The first kappa shape index (κ1) is 21.6. The van der Waals surface area contributed by atoms with Gasteiger partial charge >= 0.3 is 5.97 Å². The van der Waals surface area contributed by atoms with E-state index in [0.29, 0.717) is 0 Å². The summed E-state index contributed by atoms with van der Waals surface area (Å²) in [4.78, 5) is 26.1. The van der Waals surface area contributed by atoms with Gasteiger partial charge in [-0.3, -0.25) is 0 Å². The monoisotopic (exact) mass is 329 g/mol. The minimum atomic E-state index is -0.922. The topological polar surface area (TPSA) is 142 Å². The quantitative estimate of drug-likeness (QED) is 0.501. The average Bonchev–Trinajstić information content (AvgIpc) is 2.30. The van der Waals surface area contributed by atoms with Crippen molar-refractivity contribution in [2.75, 3.05) is 0 Å². The molecule has 0 saturated carbocycles. The van der Waals surface area contributed by atoms with Crippen LogP contribution in [-0.2, 0) is 37.5 Å². The zero-order chi connectivity index (χ0) is 13.5. The SMILES string of the molecule is O=C(O)/C=C/c1ccccc1.O=N[O-].O=N[O-].[Y]. The van der Waals surface area contributed by atoms with Gasteiger partial charge in [0, 0.05) is 38.8 Å². The summed E-state index contributed by atoms with van der Waals surface area (Å²) in [5, 5.41) is 26.3. The summed E-state index contributed by atoms with van der Waals surface area (Å²) < 4.78 is 0. The van der Waals surface area contributed by atoms with Gasteiger partial charge in [-0.25, -0.2) is 4.79 Å². The number of aliphatic carboxylic acids is 1. The van der Waals surface area contributed by atoms with Crippen molar-refractivity contribution in [3.05, 3.63) is 62.2 Å². The first-order valence-corrected chi connectivity index (χ1v) is 3.98. The van der Waals surface area contributed by atoms with Crippen LogP contribution in [0.15, 0.2) is 47.1 Å². The molecule has 0 atom stereocenters. The molecule has 0 aliphatic heterocycles. The molecular weight excluding hydrogens is 321 g/mol. The van der Waals surface area contributed by atoms with Crippen LogP contribution in [0.4, 0.5) is 0 Å². The Kier molecular flexibility index (Phi) is 21.3. The number of carboxylic acids is 1. The third kappa shape index (κ3) is 19.8. The Labute approximate surface area is 127 Å². The molecule has 0 aliphatic carbocycles. The van der Waals surface area contributed by atoms with Gasteiger partial charge in [0.2, 0.25) is 0 Å². The molecule has 1 radical (unpaired) electrons. The first-order chi connectivity index (χ1) is 8.12. The van der Waals surface area contributed by atoms with E-state index >= 15 is 0 Å². The van der Waals surface area contributed by atoms with E-state index in [1.165, 1.54) is 0 Å². The van der Waals surface area contributed by atoms with Crippen LogP contribution < -0.4 is 0 Å².